The van der Waals surface area contributed by atoms with Gasteiger partial charge < -0.3 is 9.88 Å². The van der Waals surface area contributed by atoms with E-state index in [0.29, 0.717) is 0 Å². The van der Waals surface area contributed by atoms with Gasteiger partial charge in [0, 0.05) is 36.3 Å². The molecule has 3 aromatic rings. The molecule has 0 aliphatic carbocycles. The van der Waals surface area contributed by atoms with Crippen molar-refractivity contribution in [3.63, 3.8) is 0 Å². The molecule has 4 nitrogen and oxygen atoms in total. The van der Waals surface area contributed by atoms with Crippen LogP contribution in [0, 0.1) is 0 Å². The summed E-state index contributed by atoms with van der Waals surface area (Å²) in [5.41, 5.74) is 2.13. The van der Waals surface area contributed by atoms with Gasteiger partial charge in [-0.15, -0.1) is 11.3 Å². The van der Waals surface area contributed by atoms with Crippen molar-refractivity contribution in [2.45, 2.75) is 10.9 Å². The third-order valence-electron chi connectivity index (χ3n) is 2.70. The summed E-state index contributed by atoms with van der Waals surface area (Å²) in [5.74, 6) is 0.831. The van der Waals surface area contributed by atoms with Gasteiger partial charge in [0.25, 0.3) is 0 Å². The van der Waals surface area contributed by atoms with E-state index < -0.39 is 0 Å². The molecule has 0 saturated heterocycles. The molecule has 2 aromatic heterocycles. The molecular weight excluding hydrogens is 288 g/mol. The minimum absolute atomic E-state index is 0.831. The van der Waals surface area contributed by atoms with E-state index in [1.54, 1.807) is 23.1 Å². The Morgan fingerprint density at radius 3 is 2.90 bits per heavy atom. The van der Waals surface area contributed by atoms with Crippen LogP contribution in [0.1, 0.15) is 5.69 Å². The van der Waals surface area contributed by atoms with Crippen molar-refractivity contribution in [3.8, 4) is 0 Å². The number of para-hydroxylation sites is 1. The van der Waals surface area contributed by atoms with Crippen molar-refractivity contribution in [2.75, 3.05) is 5.32 Å². The highest BCUT2D eigenvalue weighted by Gasteiger charge is 2.05. The fraction of sp³-hybridized carbons (Fsp3) is 0.143. The van der Waals surface area contributed by atoms with Gasteiger partial charge >= 0.3 is 0 Å². The number of thioether (sulfide) groups is 1. The molecule has 0 saturated carbocycles. The average Bonchev–Trinajstić information content (AvgIpc) is 3.07. The summed E-state index contributed by atoms with van der Waals surface area (Å²) < 4.78 is 2.01. The smallest absolute Gasteiger partial charge is 0.187 e. The fourth-order valence-corrected chi connectivity index (χ4v) is 3.37. The lowest BCUT2D eigenvalue weighted by atomic mass is 10.3. The Kier molecular flexibility index (Phi) is 4.03. The van der Waals surface area contributed by atoms with E-state index in [9.17, 15) is 0 Å². The van der Waals surface area contributed by atoms with Crippen LogP contribution in [0.4, 0.5) is 10.8 Å². The van der Waals surface area contributed by atoms with E-state index >= 15 is 0 Å². The lowest BCUT2D eigenvalue weighted by molar-refractivity contribution is 0.789. The highest BCUT2D eigenvalue weighted by Crippen LogP contribution is 2.25. The second kappa shape index (κ2) is 6.11. The molecule has 0 spiro atoms. The second-order valence-corrected chi connectivity index (χ2v) is 6.05. The number of nitrogens with one attached hydrogen (secondary N) is 1. The molecule has 102 valence electrons. The Labute approximate surface area is 125 Å². The van der Waals surface area contributed by atoms with Crippen LogP contribution >= 0.6 is 23.1 Å². The molecule has 20 heavy (non-hydrogen) atoms. The first-order chi connectivity index (χ1) is 9.81. The second-order valence-electron chi connectivity index (χ2n) is 4.24. The van der Waals surface area contributed by atoms with Gasteiger partial charge in [0.2, 0.25) is 0 Å². The number of anilines is 2. The maximum atomic E-state index is 4.58. The van der Waals surface area contributed by atoms with Crippen LogP contribution in [0.15, 0.2) is 53.3 Å². The summed E-state index contributed by atoms with van der Waals surface area (Å²) in [6.07, 6.45) is 3.76. The summed E-state index contributed by atoms with van der Waals surface area (Å²) >= 11 is 3.32. The molecule has 3 rings (SSSR count). The monoisotopic (exact) mass is 302 g/mol. The lowest BCUT2D eigenvalue weighted by Crippen LogP contribution is -1.91. The Balaban J connectivity index is 1.61. The molecule has 1 aromatic carbocycles. The normalized spacial score (nSPS) is 10.7. The number of aryl methyl sites for hydroxylation is 1. The van der Waals surface area contributed by atoms with Crippen LogP contribution < -0.4 is 5.32 Å². The van der Waals surface area contributed by atoms with Crippen molar-refractivity contribution >= 4 is 33.9 Å². The molecule has 0 amide bonds. The molecule has 0 bridgehead atoms. The molecule has 0 atom stereocenters. The molecule has 1 N–H and O–H groups in total. The SMILES string of the molecule is Cn1ccnc1SCc1csc(Nc2ccccc2)n1. The van der Waals surface area contributed by atoms with Crippen molar-refractivity contribution in [1.82, 2.24) is 14.5 Å². The summed E-state index contributed by atoms with van der Waals surface area (Å²) in [4.78, 5) is 8.88. The molecule has 0 fully saturated rings. The molecule has 6 heteroatoms. The van der Waals surface area contributed by atoms with E-state index in [2.05, 4.69) is 20.7 Å². The summed E-state index contributed by atoms with van der Waals surface area (Å²) in [7, 11) is 2.00. The minimum Gasteiger partial charge on any atom is -0.332 e. The van der Waals surface area contributed by atoms with Crippen LogP contribution in [0.3, 0.4) is 0 Å². The lowest BCUT2D eigenvalue weighted by Gasteiger charge is -2.01. The predicted octanol–water partition coefficient (Wildman–Crippen LogP) is 3.91. The van der Waals surface area contributed by atoms with Gasteiger partial charge in [0.05, 0.1) is 5.69 Å². The van der Waals surface area contributed by atoms with E-state index in [-0.39, 0.29) is 0 Å². The number of benzene rings is 1. The Bertz CT molecular complexity index is 675. The number of rotatable bonds is 5. The maximum absolute atomic E-state index is 4.58. The fourth-order valence-electron chi connectivity index (χ4n) is 1.71. The van der Waals surface area contributed by atoms with E-state index in [4.69, 9.17) is 0 Å². The summed E-state index contributed by atoms with van der Waals surface area (Å²) in [6.45, 7) is 0. The number of thiazole rings is 1. The van der Waals surface area contributed by atoms with Gasteiger partial charge in [-0.1, -0.05) is 30.0 Å². The number of aromatic nitrogens is 3. The molecule has 0 unspecified atom stereocenters. The number of imidazole rings is 1. The molecule has 2 heterocycles. The largest absolute Gasteiger partial charge is 0.332 e. The predicted molar refractivity (Wildman–Crippen MR) is 84.6 cm³/mol. The first-order valence-corrected chi connectivity index (χ1v) is 8.04. The van der Waals surface area contributed by atoms with Crippen LogP contribution in [0.25, 0.3) is 0 Å². The third kappa shape index (κ3) is 3.20. The first-order valence-electron chi connectivity index (χ1n) is 6.18. The molecule has 0 radical (unpaired) electrons. The highest BCUT2D eigenvalue weighted by molar-refractivity contribution is 7.98. The van der Waals surface area contributed by atoms with Crippen LogP contribution in [-0.2, 0) is 12.8 Å². The minimum atomic E-state index is 0.831. The third-order valence-corrected chi connectivity index (χ3v) is 4.60. The molecular formula is C14H14N4S2. The van der Waals surface area contributed by atoms with E-state index in [1.165, 1.54) is 0 Å². The van der Waals surface area contributed by atoms with Crippen molar-refractivity contribution < 1.29 is 0 Å². The van der Waals surface area contributed by atoms with Gasteiger partial charge in [-0.25, -0.2) is 9.97 Å². The molecule has 0 aliphatic rings. The number of hydrogen-bond donors (Lipinski definition) is 1. The van der Waals surface area contributed by atoms with Gasteiger partial charge in [-0.05, 0) is 12.1 Å². The quantitative estimate of drug-likeness (QED) is 0.726. The number of nitrogens with zero attached hydrogens (tertiary/aromatic N) is 3. The van der Waals surface area contributed by atoms with Crippen LogP contribution in [-0.4, -0.2) is 14.5 Å². The average molecular weight is 302 g/mol. The van der Waals surface area contributed by atoms with Crippen LogP contribution in [0.5, 0.6) is 0 Å². The van der Waals surface area contributed by atoms with Crippen LogP contribution in [0.2, 0.25) is 0 Å². The standard InChI is InChI=1S/C14H14N4S2/c1-18-8-7-15-14(18)20-10-12-9-19-13(17-12)16-11-5-3-2-4-6-11/h2-9H,10H2,1H3,(H,16,17). The van der Waals surface area contributed by atoms with Gasteiger partial charge in [0.15, 0.2) is 10.3 Å². The van der Waals surface area contributed by atoms with Crippen molar-refractivity contribution in [1.29, 1.82) is 0 Å². The number of hydrogen-bond acceptors (Lipinski definition) is 5. The van der Waals surface area contributed by atoms with Crippen molar-refractivity contribution in [2.24, 2.45) is 7.05 Å². The van der Waals surface area contributed by atoms with Gasteiger partial charge in [-0.3, -0.25) is 0 Å². The maximum Gasteiger partial charge on any atom is 0.187 e. The summed E-state index contributed by atoms with van der Waals surface area (Å²) in [6, 6.07) is 10.1. The van der Waals surface area contributed by atoms with Gasteiger partial charge in [-0.2, -0.15) is 0 Å². The zero-order valence-corrected chi connectivity index (χ0v) is 12.6. The Morgan fingerprint density at radius 1 is 1.30 bits per heavy atom. The van der Waals surface area contributed by atoms with Gasteiger partial charge in [0.1, 0.15) is 0 Å². The van der Waals surface area contributed by atoms with Crippen molar-refractivity contribution in [3.05, 3.63) is 53.8 Å². The Morgan fingerprint density at radius 2 is 2.15 bits per heavy atom. The highest BCUT2D eigenvalue weighted by atomic mass is 32.2. The zero-order valence-electron chi connectivity index (χ0n) is 11.0. The summed E-state index contributed by atoms with van der Waals surface area (Å²) in [5, 5.41) is 7.32. The topological polar surface area (TPSA) is 42.7 Å². The zero-order chi connectivity index (χ0) is 13.8. The first kappa shape index (κ1) is 13.2. The van der Waals surface area contributed by atoms with E-state index in [0.717, 1.165) is 27.4 Å². The Hall–Kier alpha value is -1.79. The van der Waals surface area contributed by atoms with E-state index in [1.807, 2.05) is 54.3 Å². The molecule has 0 aliphatic heterocycles.